The molecular formula is C15H19N3O2. The zero-order chi connectivity index (χ0) is 14.5. The van der Waals surface area contributed by atoms with Crippen LogP contribution in [0.4, 0.5) is 11.4 Å². The maximum absolute atomic E-state index is 11.0. The van der Waals surface area contributed by atoms with Crippen LogP contribution in [0.15, 0.2) is 30.5 Å². The van der Waals surface area contributed by atoms with Crippen molar-refractivity contribution in [2.75, 3.05) is 11.9 Å². The van der Waals surface area contributed by atoms with Crippen LogP contribution in [0.3, 0.4) is 0 Å². The van der Waals surface area contributed by atoms with Gasteiger partial charge in [-0.15, -0.1) is 0 Å². The number of non-ortho nitro benzene ring substituents is 1. The summed E-state index contributed by atoms with van der Waals surface area (Å²) in [6, 6.07) is 6.73. The number of anilines is 1. The highest BCUT2D eigenvalue weighted by Gasteiger charge is 2.14. The number of aromatic nitrogens is 1. The van der Waals surface area contributed by atoms with Crippen LogP contribution in [-0.4, -0.2) is 16.5 Å². The van der Waals surface area contributed by atoms with Gasteiger partial charge in [0.1, 0.15) is 5.52 Å². The van der Waals surface area contributed by atoms with E-state index in [0.29, 0.717) is 16.8 Å². The van der Waals surface area contributed by atoms with Gasteiger partial charge in [-0.3, -0.25) is 15.1 Å². The minimum Gasteiger partial charge on any atom is -0.383 e. The predicted molar refractivity (Wildman–Crippen MR) is 81.0 cm³/mol. The molecule has 0 atom stereocenters. The minimum atomic E-state index is -0.368. The molecule has 1 N–H and O–H groups in total. The van der Waals surface area contributed by atoms with Crippen LogP contribution >= 0.6 is 0 Å². The van der Waals surface area contributed by atoms with Crippen molar-refractivity contribution >= 4 is 22.3 Å². The molecule has 1 heterocycles. The number of fused-ring (bicyclic) bond motifs is 1. The number of pyridine rings is 1. The SMILES string of the molecule is CC(C)CCCNc1ccc([N+](=O)[O-])c2cccnc12. The van der Waals surface area contributed by atoms with Crippen molar-refractivity contribution in [1.82, 2.24) is 4.98 Å². The van der Waals surface area contributed by atoms with E-state index in [1.54, 1.807) is 24.4 Å². The Morgan fingerprint density at radius 1 is 1.35 bits per heavy atom. The quantitative estimate of drug-likeness (QED) is 0.491. The highest BCUT2D eigenvalue weighted by atomic mass is 16.6. The molecule has 5 heteroatoms. The number of hydrogen-bond donors (Lipinski definition) is 1. The summed E-state index contributed by atoms with van der Waals surface area (Å²) in [5.74, 6) is 0.684. The van der Waals surface area contributed by atoms with E-state index in [2.05, 4.69) is 24.1 Å². The smallest absolute Gasteiger partial charge is 0.278 e. The third-order valence-corrected chi connectivity index (χ3v) is 3.22. The number of nitro groups is 1. The summed E-state index contributed by atoms with van der Waals surface area (Å²) in [7, 11) is 0. The lowest BCUT2D eigenvalue weighted by Crippen LogP contribution is -2.04. The third kappa shape index (κ3) is 3.23. The Morgan fingerprint density at radius 3 is 2.85 bits per heavy atom. The van der Waals surface area contributed by atoms with Crippen molar-refractivity contribution in [2.24, 2.45) is 5.92 Å². The molecule has 0 bridgehead atoms. The van der Waals surface area contributed by atoms with Crippen LogP contribution < -0.4 is 5.32 Å². The normalized spacial score (nSPS) is 10.9. The number of hydrogen-bond acceptors (Lipinski definition) is 4. The lowest BCUT2D eigenvalue weighted by atomic mass is 10.1. The Hall–Kier alpha value is -2.17. The Kier molecular flexibility index (Phi) is 4.50. The highest BCUT2D eigenvalue weighted by molar-refractivity contribution is 5.96. The fourth-order valence-electron chi connectivity index (χ4n) is 2.19. The summed E-state index contributed by atoms with van der Waals surface area (Å²) in [5.41, 5.74) is 1.61. The molecule has 0 radical (unpaired) electrons. The first-order valence-electron chi connectivity index (χ1n) is 6.85. The number of nitrogens with one attached hydrogen (secondary N) is 1. The van der Waals surface area contributed by atoms with E-state index in [1.807, 2.05) is 0 Å². The Bertz CT molecular complexity index is 611. The largest absolute Gasteiger partial charge is 0.383 e. The molecule has 0 saturated carbocycles. The monoisotopic (exact) mass is 273 g/mol. The highest BCUT2D eigenvalue weighted by Crippen LogP contribution is 2.29. The molecule has 106 valence electrons. The minimum absolute atomic E-state index is 0.0980. The number of rotatable bonds is 6. The fraction of sp³-hybridized carbons (Fsp3) is 0.400. The molecule has 0 amide bonds. The van der Waals surface area contributed by atoms with Gasteiger partial charge in [0, 0.05) is 18.8 Å². The first-order valence-corrected chi connectivity index (χ1v) is 6.85. The fourth-order valence-corrected chi connectivity index (χ4v) is 2.19. The van der Waals surface area contributed by atoms with Gasteiger partial charge >= 0.3 is 0 Å². The molecule has 0 aliphatic rings. The summed E-state index contributed by atoms with van der Waals surface area (Å²) in [6.45, 7) is 5.24. The summed E-state index contributed by atoms with van der Waals surface area (Å²) in [4.78, 5) is 14.9. The summed E-state index contributed by atoms with van der Waals surface area (Å²) in [6.07, 6.45) is 3.89. The molecule has 2 aromatic rings. The lowest BCUT2D eigenvalue weighted by molar-refractivity contribution is -0.383. The van der Waals surface area contributed by atoms with E-state index in [9.17, 15) is 10.1 Å². The number of nitro benzene ring substituents is 1. The molecule has 1 aromatic heterocycles. The van der Waals surface area contributed by atoms with Crippen molar-refractivity contribution in [3.8, 4) is 0 Å². The molecule has 5 nitrogen and oxygen atoms in total. The van der Waals surface area contributed by atoms with Crippen molar-refractivity contribution in [3.63, 3.8) is 0 Å². The summed E-state index contributed by atoms with van der Waals surface area (Å²) in [5, 5.41) is 14.9. The Labute approximate surface area is 118 Å². The summed E-state index contributed by atoms with van der Waals surface area (Å²) >= 11 is 0. The predicted octanol–water partition coefficient (Wildman–Crippen LogP) is 3.99. The van der Waals surface area contributed by atoms with E-state index >= 15 is 0 Å². The molecular weight excluding hydrogens is 254 g/mol. The molecule has 0 fully saturated rings. The summed E-state index contributed by atoms with van der Waals surface area (Å²) < 4.78 is 0. The molecule has 0 aliphatic carbocycles. The Morgan fingerprint density at radius 2 is 2.15 bits per heavy atom. The van der Waals surface area contributed by atoms with E-state index in [-0.39, 0.29) is 10.6 Å². The second-order valence-corrected chi connectivity index (χ2v) is 5.25. The van der Waals surface area contributed by atoms with Crippen molar-refractivity contribution in [3.05, 3.63) is 40.6 Å². The van der Waals surface area contributed by atoms with Gasteiger partial charge in [-0.05, 0) is 37.0 Å². The van der Waals surface area contributed by atoms with E-state index < -0.39 is 0 Å². The van der Waals surface area contributed by atoms with Crippen molar-refractivity contribution in [1.29, 1.82) is 0 Å². The average Bonchev–Trinajstić information content (AvgIpc) is 2.43. The first kappa shape index (κ1) is 14.2. The van der Waals surface area contributed by atoms with Crippen molar-refractivity contribution in [2.45, 2.75) is 26.7 Å². The molecule has 0 spiro atoms. The molecule has 1 aromatic carbocycles. The lowest BCUT2D eigenvalue weighted by Gasteiger charge is -2.10. The first-order chi connectivity index (χ1) is 9.59. The standard InChI is InChI=1S/C15H19N3O2/c1-11(2)5-3-9-16-13-7-8-14(18(19)20)12-6-4-10-17-15(12)13/h4,6-8,10-11,16H,3,5,9H2,1-2H3. The van der Waals surface area contributed by atoms with E-state index in [1.165, 1.54) is 6.07 Å². The van der Waals surface area contributed by atoms with Crippen LogP contribution in [0.5, 0.6) is 0 Å². The van der Waals surface area contributed by atoms with Gasteiger partial charge in [-0.1, -0.05) is 13.8 Å². The zero-order valence-electron chi connectivity index (χ0n) is 11.8. The van der Waals surface area contributed by atoms with Gasteiger partial charge < -0.3 is 5.32 Å². The second-order valence-electron chi connectivity index (χ2n) is 5.25. The molecule has 0 unspecified atom stereocenters. The molecule has 0 saturated heterocycles. The van der Waals surface area contributed by atoms with E-state index in [0.717, 1.165) is 25.1 Å². The van der Waals surface area contributed by atoms with Gasteiger partial charge in [-0.2, -0.15) is 0 Å². The van der Waals surface area contributed by atoms with Gasteiger partial charge in [0.2, 0.25) is 0 Å². The molecule has 2 rings (SSSR count). The third-order valence-electron chi connectivity index (χ3n) is 3.22. The number of benzene rings is 1. The number of nitrogens with zero attached hydrogens (tertiary/aromatic N) is 2. The van der Waals surface area contributed by atoms with Gasteiger partial charge in [0.15, 0.2) is 0 Å². The molecule has 0 aliphatic heterocycles. The van der Waals surface area contributed by atoms with Crippen LogP contribution in [0.1, 0.15) is 26.7 Å². The van der Waals surface area contributed by atoms with Crippen molar-refractivity contribution < 1.29 is 4.92 Å². The van der Waals surface area contributed by atoms with Gasteiger partial charge in [-0.25, -0.2) is 0 Å². The van der Waals surface area contributed by atoms with Crippen LogP contribution in [0, 0.1) is 16.0 Å². The van der Waals surface area contributed by atoms with Crippen LogP contribution in [0.2, 0.25) is 0 Å². The average molecular weight is 273 g/mol. The maximum atomic E-state index is 11.0. The van der Waals surface area contributed by atoms with Crippen LogP contribution in [0.25, 0.3) is 10.9 Å². The van der Waals surface area contributed by atoms with Gasteiger partial charge in [0.05, 0.1) is 16.0 Å². The van der Waals surface area contributed by atoms with Crippen LogP contribution in [-0.2, 0) is 0 Å². The second kappa shape index (κ2) is 6.32. The Balaban J connectivity index is 2.22. The maximum Gasteiger partial charge on any atom is 0.278 e. The molecule has 20 heavy (non-hydrogen) atoms. The topological polar surface area (TPSA) is 68.1 Å². The van der Waals surface area contributed by atoms with E-state index in [4.69, 9.17) is 0 Å². The van der Waals surface area contributed by atoms with Gasteiger partial charge in [0.25, 0.3) is 5.69 Å². The zero-order valence-corrected chi connectivity index (χ0v) is 11.8.